The van der Waals surface area contributed by atoms with Crippen molar-refractivity contribution >= 4 is 69.7 Å². The molecule has 0 spiro atoms. The molecule has 3 rings (SSSR count). The highest BCUT2D eigenvalue weighted by Gasteiger charge is 2.18. The minimum Gasteiger partial charge on any atom is -0.321 e. The number of H-pyrrole nitrogens is 1. The van der Waals surface area contributed by atoms with Gasteiger partial charge in [0.15, 0.2) is 0 Å². The monoisotopic (exact) mass is 484 g/mol. The summed E-state index contributed by atoms with van der Waals surface area (Å²) in [5.41, 5.74) is -0.0235. The van der Waals surface area contributed by atoms with Crippen LogP contribution in [-0.4, -0.2) is 21.6 Å². The molecule has 1 heterocycles. The maximum Gasteiger partial charge on any atom is 0.273 e. The maximum atomic E-state index is 12.6. The number of rotatable bonds is 5. The SMILES string of the molecule is C=CC(=O)Nc1cccc(C(=O)Nc2cc(=O)n(-c3c(Cl)cc(Cl)cc3Cl)[nH]2)c1Cl. The van der Waals surface area contributed by atoms with Crippen LogP contribution in [0.1, 0.15) is 10.4 Å². The van der Waals surface area contributed by atoms with Crippen LogP contribution in [0.2, 0.25) is 20.1 Å². The summed E-state index contributed by atoms with van der Waals surface area (Å²) in [6.45, 7) is 3.36. The summed E-state index contributed by atoms with van der Waals surface area (Å²) < 4.78 is 1.07. The number of anilines is 2. The standard InChI is InChI=1S/C19H12Cl4N4O3/c1-2-15(28)24-13-5-3-4-10(17(13)23)19(30)25-14-8-16(29)27(26-14)18-11(21)6-9(20)7-12(18)22/h2-8,26H,1H2,(H,24,28)(H,25,30). The number of benzene rings is 2. The normalized spacial score (nSPS) is 10.5. The van der Waals surface area contributed by atoms with E-state index < -0.39 is 17.4 Å². The van der Waals surface area contributed by atoms with Crippen molar-refractivity contribution in [3.8, 4) is 5.69 Å². The summed E-state index contributed by atoms with van der Waals surface area (Å²) in [6, 6.07) is 8.54. The summed E-state index contributed by atoms with van der Waals surface area (Å²) in [7, 11) is 0. The third kappa shape index (κ3) is 4.55. The van der Waals surface area contributed by atoms with Gasteiger partial charge in [0.05, 0.1) is 26.3 Å². The first-order valence-electron chi connectivity index (χ1n) is 8.21. The fourth-order valence-electron chi connectivity index (χ4n) is 2.55. The van der Waals surface area contributed by atoms with E-state index in [0.29, 0.717) is 5.02 Å². The largest absolute Gasteiger partial charge is 0.321 e. The molecule has 2 aromatic carbocycles. The van der Waals surface area contributed by atoms with Crippen molar-refractivity contribution in [2.24, 2.45) is 0 Å². The topological polar surface area (TPSA) is 96.0 Å². The molecule has 0 radical (unpaired) electrons. The van der Waals surface area contributed by atoms with Crippen molar-refractivity contribution < 1.29 is 9.59 Å². The molecule has 7 nitrogen and oxygen atoms in total. The molecule has 3 aromatic rings. The molecular formula is C19H12Cl4N4O3. The van der Waals surface area contributed by atoms with Crippen LogP contribution < -0.4 is 16.2 Å². The van der Waals surface area contributed by atoms with Crippen molar-refractivity contribution in [2.45, 2.75) is 0 Å². The molecule has 0 bridgehead atoms. The second-order valence-corrected chi connectivity index (χ2v) is 7.50. The van der Waals surface area contributed by atoms with Crippen LogP contribution in [0.25, 0.3) is 5.69 Å². The number of carbonyl (C=O) groups excluding carboxylic acids is 2. The quantitative estimate of drug-likeness (QED) is 0.435. The smallest absolute Gasteiger partial charge is 0.273 e. The number of nitrogens with one attached hydrogen (secondary N) is 3. The molecule has 0 saturated heterocycles. The van der Waals surface area contributed by atoms with Gasteiger partial charge in [-0.15, -0.1) is 0 Å². The minimum atomic E-state index is -0.614. The Hall–Kier alpha value is -2.71. The van der Waals surface area contributed by atoms with Crippen molar-refractivity contribution in [3.05, 3.63) is 85.1 Å². The molecule has 2 amide bonds. The lowest BCUT2D eigenvalue weighted by molar-refractivity contribution is -0.111. The Morgan fingerprint density at radius 1 is 1.03 bits per heavy atom. The lowest BCUT2D eigenvalue weighted by atomic mass is 10.2. The van der Waals surface area contributed by atoms with Gasteiger partial charge in [-0.3, -0.25) is 19.5 Å². The van der Waals surface area contributed by atoms with Crippen LogP contribution in [0.4, 0.5) is 11.5 Å². The number of aromatic amines is 1. The summed E-state index contributed by atoms with van der Waals surface area (Å²) in [6.07, 6.45) is 1.07. The highest BCUT2D eigenvalue weighted by molar-refractivity contribution is 6.40. The molecule has 0 fully saturated rings. The molecule has 154 valence electrons. The van der Waals surface area contributed by atoms with Gasteiger partial charge in [0.2, 0.25) is 5.91 Å². The lowest BCUT2D eigenvalue weighted by Gasteiger charge is -2.10. The van der Waals surface area contributed by atoms with E-state index in [2.05, 4.69) is 22.3 Å². The zero-order valence-electron chi connectivity index (χ0n) is 14.9. The van der Waals surface area contributed by atoms with E-state index in [-0.39, 0.29) is 37.8 Å². The van der Waals surface area contributed by atoms with Crippen molar-refractivity contribution in [1.82, 2.24) is 9.78 Å². The van der Waals surface area contributed by atoms with E-state index >= 15 is 0 Å². The molecule has 3 N–H and O–H groups in total. The van der Waals surface area contributed by atoms with E-state index in [4.69, 9.17) is 46.4 Å². The number of aromatic nitrogens is 2. The van der Waals surface area contributed by atoms with Gasteiger partial charge in [-0.05, 0) is 30.3 Å². The Labute approximate surface area is 190 Å². The summed E-state index contributed by atoms with van der Waals surface area (Å²) in [4.78, 5) is 36.5. The number of amides is 2. The number of carbonyl (C=O) groups is 2. The van der Waals surface area contributed by atoms with Gasteiger partial charge < -0.3 is 10.6 Å². The summed E-state index contributed by atoms with van der Waals surface area (Å²) in [5, 5.41) is 8.35. The number of hydrogen-bond acceptors (Lipinski definition) is 3. The van der Waals surface area contributed by atoms with Gasteiger partial charge in [-0.1, -0.05) is 59.0 Å². The second kappa shape index (κ2) is 8.97. The average Bonchev–Trinajstić information content (AvgIpc) is 3.02. The molecular weight excluding hydrogens is 474 g/mol. The first-order chi connectivity index (χ1) is 14.2. The van der Waals surface area contributed by atoms with Crippen molar-refractivity contribution in [1.29, 1.82) is 0 Å². The van der Waals surface area contributed by atoms with E-state index in [1.165, 1.54) is 24.3 Å². The Morgan fingerprint density at radius 3 is 2.33 bits per heavy atom. The average molecular weight is 486 g/mol. The lowest BCUT2D eigenvalue weighted by Crippen LogP contribution is -2.15. The number of nitrogens with zero attached hydrogens (tertiary/aromatic N) is 1. The molecule has 1 aromatic heterocycles. The Kier molecular flexibility index (Phi) is 6.58. The fourth-order valence-corrected chi connectivity index (χ4v) is 3.80. The van der Waals surface area contributed by atoms with E-state index in [9.17, 15) is 14.4 Å². The first-order valence-corrected chi connectivity index (χ1v) is 9.72. The van der Waals surface area contributed by atoms with E-state index in [0.717, 1.165) is 16.8 Å². The molecule has 0 unspecified atom stereocenters. The van der Waals surface area contributed by atoms with Crippen LogP contribution >= 0.6 is 46.4 Å². The first kappa shape index (κ1) is 22.0. The zero-order chi connectivity index (χ0) is 22.0. The van der Waals surface area contributed by atoms with Gasteiger partial charge in [0.1, 0.15) is 11.5 Å². The third-order valence-corrected chi connectivity index (χ3v) is 5.06. The molecule has 11 heteroatoms. The third-order valence-electron chi connectivity index (χ3n) is 3.86. The van der Waals surface area contributed by atoms with Crippen LogP contribution in [0, 0.1) is 0 Å². The molecule has 0 aliphatic heterocycles. The molecule has 0 aliphatic rings. The van der Waals surface area contributed by atoms with Crippen molar-refractivity contribution in [2.75, 3.05) is 10.6 Å². The number of hydrogen-bond donors (Lipinski definition) is 3. The van der Waals surface area contributed by atoms with Gasteiger partial charge in [-0.25, -0.2) is 4.68 Å². The highest BCUT2D eigenvalue weighted by atomic mass is 35.5. The highest BCUT2D eigenvalue weighted by Crippen LogP contribution is 2.31. The molecule has 30 heavy (non-hydrogen) atoms. The van der Waals surface area contributed by atoms with E-state index in [1.807, 2.05) is 0 Å². The van der Waals surface area contributed by atoms with Crippen LogP contribution in [0.15, 0.2) is 53.8 Å². The van der Waals surface area contributed by atoms with Gasteiger partial charge in [-0.2, -0.15) is 0 Å². The minimum absolute atomic E-state index is 0.0239. The Bertz CT molecular complexity index is 1210. The molecule has 0 atom stereocenters. The summed E-state index contributed by atoms with van der Waals surface area (Å²) in [5.74, 6) is -1.02. The number of halogens is 4. The Morgan fingerprint density at radius 2 is 1.70 bits per heavy atom. The molecule has 0 saturated carbocycles. The summed E-state index contributed by atoms with van der Waals surface area (Å²) >= 11 is 24.4. The van der Waals surface area contributed by atoms with Crippen molar-refractivity contribution in [3.63, 3.8) is 0 Å². The predicted octanol–water partition coefficient (Wildman–Crippen LogP) is 5.16. The van der Waals surface area contributed by atoms with Gasteiger partial charge in [0, 0.05) is 11.1 Å². The fraction of sp³-hybridized carbons (Fsp3) is 0. The van der Waals surface area contributed by atoms with Crippen LogP contribution in [0.3, 0.4) is 0 Å². The zero-order valence-corrected chi connectivity index (χ0v) is 18.0. The molecule has 0 aliphatic carbocycles. The van der Waals surface area contributed by atoms with Gasteiger partial charge in [0.25, 0.3) is 11.5 Å². The van der Waals surface area contributed by atoms with Crippen LogP contribution in [0.5, 0.6) is 0 Å². The maximum absolute atomic E-state index is 12.6. The Balaban J connectivity index is 1.91. The van der Waals surface area contributed by atoms with Gasteiger partial charge >= 0.3 is 0 Å². The predicted molar refractivity (Wildman–Crippen MR) is 120 cm³/mol. The van der Waals surface area contributed by atoms with E-state index in [1.54, 1.807) is 6.07 Å². The second-order valence-electron chi connectivity index (χ2n) is 5.88. The van der Waals surface area contributed by atoms with Crippen LogP contribution in [-0.2, 0) is 4.79 Å².